The molecule has 3 aromatic rings. The number of ketones is 1. The third-order valence-electron chi connectivity index (χ3n) is 5.19. The minimum Gasteiger partial charge on any atom is -0.484 e. The van der Waals surface area contributed by atoms with E-state index in [2.05, 4.69) is 5.32 Å². The lowest BCUT2D eigenvalue weighted by Crippen LogP contribution is -2.23. The number of halogens is 1. The van der Waals surface area contributed by atoms with Crippen LogP contribution < -0.4 is 19.7 Å². The van der Waals surface area contributed by atoms with Gasteiger partial charge in [0.25, 0.3) is 5.91 Å². The first kappa shape index (κ1) is 22.7. The molecule has 0 saturated heterocycles. The number of rotatable bonds is 6. The molecule has 1 N–H and O–H groups in total. The first-order valence-electron chi connectivity index (χ1n) is 10.4. The largest absolute Gasteiger partial charge is 0.484 e. The standard InChI is InChI=1S/C26H21FN2O5/c1-16(30)29(2)20-9-7-19(8-10-20)28-25(31)15-33-21-11-12-22-23(14-21)34-24(26(22)32)13-17-3-5-18(27)6-4-17/h3-14H,15H2,1-2H3,(H,28,31). The molecule has 0 bridgehead atoms. The number of allylic oxidation sites excluding steroid dienone is 1. The molecule has 172 valence electrons. The van der Waals surface area contributed by atoms with Gasteiger partial charge >= 0.3 is 0 Å². The van der Waals surface area contributed by atoms with Crippen LogP contribution in [-0.2, 0) is 9.59 Å². The zero-order valence-corrected chi connectivity index (χ0v) is 18.5. The van der Waals surface area contributed by atoms with Gasteiger partial charge in [0.1, 0.15) is 17.3 Å². The van der Waals surface area contributed by atoms with E-state index in [1.807, 2.05) is 0 Å². The topological polar surface area (TPSA) is 84.9 Å². The minimum atomic E-state index is -0.373. The summed E-state index contributed by atoms with van der Waals surface area (Å²) in [5.41, 5.74) is 2.28. The second-order valence-electron chi connectivity index (χ2n) is 7.61. The molecule has 2 amide bonds. The van der Waals surface area contributed by atoms with E-state index >= 15 is 0 Å². The Kier molecular flexibility index (Phi) is 6.40. The van der Waals surface area contributed by atoms with Crippen LogP contribution in [0.3, 0.4) is 0 Å². The number of hydrogen-bond acceptors (Lipinski definition) is 5. The predicted molar refractivity (Wildman–Crippen MR) is 125 cm³/mol. The maximum atomic E-state index is 13.1. The minimum absolute atomic E-state index is 0.0942. The number of nitrogens with zero attached hydrogens (tertiary/aromatic N) is 1. The first-order chi connectivity index (χ1) is 16.3. The highest BCUT2D eigenvalue weighted by atomic mass is 19.1. The molecular weight excluding hydrogens is 439 g/mol. The number of carbonyl (C=O) groups excluding carboxylic acids is 3. The van der Waals surface area contributed by atoms with Crippen molar-refractivity contribution in [1.82, 2.24) is 0 Å². The molecule has 0 saturated carbocycles. The second kappa shape index (κ2) is 9.58. The Morgan fingerprint density at radius 1 is 1.06 bits per heavy atom. The summed E-state index contributed by atoms with van der Waals surface area (Å²) >= 11 is 0. The van der Waals surface area contributed by atoms with Gasteiger partial charge in [0, 0.05) is 31.4 Å². The molecule has 1 aliphatic heterocycles. The molecule has 0 unspecified atom stereocenters. The maximum absolute atomic E-state index is 13.1. The van der Waals surface area contributed by atoms with E-state index in [4.69, 9.17) is 9.47 Å². The fourth-order valence-corrected chi connectivity index (χ4v) is 3.26. The van der Waals surface area contributed by atoms with Crippen molar-refractivity contribution in [1.29, 1.82) is 0 Å². The van der Waals surface area contributed by atoms with Gasteiger partial charge in [-0.3, -0.25) is 14.4 Å². The van der Waals surface area contributed by atoms with Crippen LogP contribution in [0.25, 0.3) is 6.08 Å². The molecular formula is C26H21FN2O5. The molecule has 0 atom stereocenters. The van der Waals surface area contributed by atoms with Crippen molar-refractivity contribution in [3.05, 3.63) is 89.4 Å². The van der Waals surface area contributed by atoms with E-state index in [0.717, 1.165) is 0 Å². The number of amides is 2. The molecule has 8 heteroatoms. The van der Waals surface area contributed by atoms with Gasteiger partial charge in [-0.05, 0) is 60.2 Å². The van der Waals surface area contributed by atoms with Gasteiger partial charge < -0.3 is 19.7 Å². The summed E-state index contributed by atoms with van der Waals surface area (Å²) in [6, 6.07) is 17.2. The lowest BCUT2D eigenvalue weighted by Gasteiger charge is -2.15. The van der Waals surface area contributed by atoms with E-state index in [-0.39, 0.29) is 35.8 Å². The summed E-state index contributed by atoms with van der Waals surface area (Å²) in [7, 11) is 1.67. The lowest BCUT2D eigenvalue weighted by molar-refractivity contribution is -0.118. The van der Waals surface area contributed by atoms with Gasteiger partial charge in [-0.25, -0.2) is 4.39 Å². The first-order valence-corrected chi connectivity index (χ1v) is 10.4. The second-order valence-corrected chi connectivity index (χ2v) is 7.61. The van der Waals surface area contributed by atoms with Gasteiger partial charge in [0.2, 0.25) is 11.7 Å². The average molecular weight is 460 g/mol. The molecule has 34 heavy (non-hydrogen) atoms. The molecule has 0 fully saturated rings. The van der Waals surface area contributed by atoms with Crippen molar-refractivity contribution < 1.29 is 28.2 Å². The molecule has 1 aliphatic rings. The Balaban J connectivity index is 1.36. The third kappa shape index (κ3) is 5.12. The van der Waals surface area contributed by atoms with Crippen molar-refractivity contribution >= 4 is 35.0 Å². The Hall–Kier alpha value is -4.46. The van der Waals surface area contributed by atoms with Crippen LogP contribution in [0.2, 0.25) is 0 Å². The number of benzene rings is 3. The van der Waals surface area contributed by atoms with E-state index in [1.165, 1.54) is 30.0 Å². The Morgan fingerprint density at radius 3 is 2.44 bits per heavy atom. The number of carbonyl (C=O) groups is 3. The highest BCUT2D eigenvalue weighted by Crippen LogP contribution is 2.35. The van der Waals surface area contributed by atoms with Crippen molar-refractivity contribution in [3.8, 4) is 11.5 Å². The fourth-order valence-electron chi connectivity index (χ4n) is 3.26. The fraction of sp³-hybridized carbons (Fsp3) is 0.115. The average Bonchev–Trinajstić information content (AvgIpc) is 3.13. The molecule has 0 radical (unpaired) electrons. The van der Waals surface area contributed by atoms with Crippen molar-refractivity contribution in [3.63, 3.8) is 0 Å². The highest BCUT2D eigenvalue weighted by molar-refractivity contribution is 6.14. The Labute approximate surface area is 195 Å². The number of nitrogens with one attached hydrogen (secondary N) is 1. The van der Waals surface area contributed by atoms with Crippen LogP contribution in [0.15, 0.2) is 72.5 Å². The van der Waals surface area contributed by atoms with E-state index < -0.39 is 0 Å². The highest BCUT2D eigenvalue weighted by Gasteiger charge is 2.27. The number of anilines is 2. The summed E-state index contributed by atoms with van der Waals surface area (Å²) < 4.78 is 24.3. The van der Waals surface area contributed by atoms with Gasteiger partial charge in [0.15, 0.2) is 12.4 Å². The van der Waals surface area contributed by atoms with Crippen molar-refractivity contribution in [2.75, 3.05) is 23.9 Å². The van der Waals surface area contributed by atoms with Gasteiger partial charge in [0.05, 0.1) is 5.56 Å². The summed E-state index contributed by atoms with van der Waals surface area (Å²) in [6.07, 6.45) is 1.54. The Morgan fingerprint density at radius 2 is 1.76 bits per heavy atom. The third-order valence-corrected chi connectivity index (χ3v) is 5.19. The van der Waals surface area contributed by atoms with Gasteiger partial charge in [-0.1, -0.05) is 12.1 Å². The van der Waals surface area contributed by atoms with Gasteiger partial charge in [-0.15, -0.1) is 0 Å². The van der Waals surface area contributed by atoms with Gasteiger partial charge in [-0.2, -0.15) is 0 Å². The quantitative estimate of drug-likeness (QED) is 0.550. The summed E-state index contributed by atoms with van der Waals surface area (Å²) in [5, 5.41) is 2.72. The van der Waals surface area contributed by atoms with Crippen LogP contribution in [-0.4, -0.2) is 31.3 Å². The molecule has 3 aromatic carbocycles. The summed E-state index contributed by atoms with van der Waals surface area (Å²) in [6.45, 7) is 1.22. The van der Waals surface area contributed by atoms with Crippen LogP contribution in [0.5, 0.6) is 11.5 Å². The van der Waals surface area contributed by atoms with Crippen LogP contribution in [0.1, 0.15) is 22.8 Å². The zero-order chi connectivity index (χ0) is 24.2. The monoisotopic (exact) mass is 460 g/mol. The molecule has 1 heterocycles. The normalized spacial score (nSPS) is 13.3. The number of hydrogen-bond donors (Lipinski definition) is 1. The molecule has 0 aromatic heterocycles. The SMILES string of the molecule is CC(=O)N(C)c1ccc(NC(=O)COc2ccc3c(c2)OC(=Cc2ccc(F)cc2)C3=O)cc1. The summed E-state index contributed by atoms with van der Waals surface area (Å²) in [4.78, 5) is 37.7. The van der Waals surface area contributed by atoms with Crippen LogP contribution in [0.4, 0.5) is 15.8 Å². The van der Waals surface area contributed by atoms with E-state index in [1.54, 1.807) is 61.6 Å². The van der Waals surface area contributed by atoms with E-state index in [0.29, 0.717) is 34.0 Å². The number of ether oxygens (including phenoxy) is 2. The zero-order valence-electron chi connectivity index (χ0n) is 18.5. The molecule has 0 spiro atoms. The smallest absolute Gasteiger partial charge is 0.262 e. The van der Waals surface area contributed by atoms with E-state index in [9.17, 15) is 18.8 Å². The van der Waals surface area contributed by atoms with Crippen LogP contribution in [0, 0.1) is 5.82 Å². The molecule has 7 nitrogen and oxygen atoms in total. The van der Waals surface area contributed by atoms with Crippen molar-refractivity contribution in [2.24, 2.45) is 0 Å². The number of Topliss-reactive ketones (excluding diaryl/α,β-unsaturated/α-hetero) is 1. The summed E-state index contributed by atoms with van der Waals surface area (Å²) in [5.74, 6) is -0.319. The molecule has 4 rings (SSSR count). The van der Waals surface area contributed by atoms with Crippen LogP contribution >= 0.6 is 0 Å². The molecule has 0 aliphatic carbocycles. The number of fused-ring (bicyclic) bond motifs is 1. The Bertz CT molecular complexity index is 1280. The van der Waals surface area contributed by atoms with Crippen molar-refractivity contribution in [2.45, 2.75) is 6.92 Å². The lowest BCUT2D eigenvalue weighted by atomic mass is 10.1. The maximum Gasteiger partial charge on any atom is 0.262 e. The predicted octanol–water partition coefficient (Wildman–Crippen LogP) is 4.44.